The molecule has 120 valence electrons. The fourth-order valence-electron chi connectivity index (χ4n) is 2.17. The molecule has 0 spiro atoms. The van der Waals surface area contributed by atoms with Crippen molar-refractivity contribution < 1.29 is 23.9 Å². The third-order valence-corrected chi connectivity index (χ3v) is 3.29. The molecule has 0 saturated heterocycles. The first-order chi connectivity index (χ1) is 11.2. The van der Waals surface area contributed by atoms with Gasteiger partial charge < -0.3 is 5.21 Å². The van der Waals surface area contributed by atoms with Crippen LogP contribution >= 0.6 is 0 Å². The summed E-state index contributed by atoms with van der Waals surface area (Å²) in [5.74, 6) is 0.140. The van der Waals surface area contributed by atoms with Crippen LogP contribution in [0.25, 0.3) is 0 Å². The Hall–Kier alpha value is -2.60. The van der Waals surface area contributed by atoms with E-state index in [0.717, 1.165) is 12.1 Å². The Morgan fingerprint density at radius 1 is 1.26 bits per heavy atom. The zero-order chi connectivity index (χ0) is 16.5. The molecule has 0 amide bonds. The largest absolute Gasteiger partial charge is 0.411 e. The van der Waals surface area contributed by atoms with Crippen LogP contribution in [0.15, 0.2) is 54.1 Å². The van der Waals surface area contributed by atoms with Crippen LogP contribution in [0.3, 0.4) is 0 Å². The molecule has 2 aromatic rings. The van der Waals surface area contributed by atoms with Gasteiger partial charge in [-0.05, 0) is 18.6 Å². The van der Waals surface area contributed by atoms with Gasteiger partial charge in [0.1, 0.15) is 6.21 Å². The topological polar surface area (TPSA) is 66.7 Å². The van der Waals surface area contributed by atoms with Gasteiger partial charge in [0, 0.05) is 24.6 Å². The normalized spacial score (nSPS) is 11.0. The second kappa shape index (κ2) is 8.75. The first-order valence-electron chi connectivity index (χ1n) is 7.50. The smallest absolute Gasteiger partial charge is 0.258 e. The maximum absolute atomic E-state index is 11.9. The lowest BCUT2D eigenvalue weighted by atomic mass is 10.1. The van der Waals surface area contributed by atoms with Crippen molar-refractivity contribution in [3.05, 3.63) is 60.2 Å². The van der Waals surface area contributed by atoms with Gasteiger partial charge >= 0.3 is 0 Å². The number of ketones is 1. The van der Waals surface area contributed by atoms with E-state index in [0.29, 0.717) is 25.4 Å². The summed E-state index contributed by atoms with van der Waals surface area (Å²) in [6.07, 6.45) is 8.22. The number of aromatic nitrogens is 2. The van der Waals surface area contributed by atoms with Crippen molar-refractivity contribution >= 4 is 12.0 Å². The molecule has 0 aliphatic heterocycles. The summed E-state index contributed by atoms with van der Waals surface area (Å²) in [7, 11) is 0. The number of carbonyl (C=O) groups excluding carboxylic acids is 1. The molecular formula is C17H21N3O3+2. The monoisotopic (exact) mass is 315 g/mol. The third-order valence-electron chi connectivity index (χ3n) is 3.29. The minimum atomic E-state index is 0.140. The Balaban J connectivity index is 1.97. The van der Waals surface area contributed by atoms with Crippen LogP contribution < -0.4 is 9.13 Å². The average Bonchev–Trinajstić information content (AvgIpc) is 2.57. The predicted molar refractivity (Wildman–Crippen MR) is 83.0 cm³/mol. The maximum Gasteiger partial charge on any atom is 0.258 e. The molecular weight excluding hydrogens is 294 g/mol. The fourth-order valence-corrected chi connectivity index (χ4v) is 2.17. The highest BCUT2D eigenvalue weighted by atomic mass is 16.5. The summed E-state index contributed by atoms with van der Waals surface area (Å²) in [5.41, 5.74) is 1.42. The van der Waals surface area contributed by atoms with Crippen LogP contribution in [0.1, 0.15) is 35.8 Å². The van der Waals surface area contributed by atoms with E-state index in [1.807, 2.05) is 58.8 Å². The van der Waals surface area contributed by atoms with Crippen molar-refractivity contribution in [3.63, 3.8) is 0 Å². The number of pyridine rings is 2. The first-order valence-corrected chi connectivity index (χ1v) is 7.50. The molecule has 0 fully saturated rings. The molecule has 0 unspecified atom stereocenters. The number of ether oxygens (including phenoxy) is 1. The Morgan fingerprint density at radius 3 is 2.91 bits per heavy atom. The molecule has 0 aromatic carbocycles. The van der Waals surface area contributed by atoms with Crippen molar-refractivity contribution in [1.82, 2.24) is 0 Å². The number of hydrogen-bond acceptors (Lipinski definition) is 4. The van der Waals surface area contributed by atoms with E-state index in [-0.39, 0.29) is 5.78 Å². The molecule has 1 N–H and O–H groups in total. The SMILES string of the molecule is CCCC(=O)c1ccc[n+](COC[n+]2ccccc2/C=N/O)c1. The molecule has 2 heterocycles. The average molecular weight is 315 g/mol. The van der Waals surface area contributed by atoms with E-state index in [2.05, 4.69) is 5.16 Å². The summed E-state index contributed by atoms with van der Waals surface area (Å²) >= 11 is 0. The Bertz CT molecular complexity index is 686. The van der Waals surface area contributed by atoms with Crippen molar-refractivity contribution in [2.45, 2.75) is 33.2 Å². The molecule has 0 aliphatic carbocycles. The number of hydrogen-bond donors (Lipinski definition) is 1. The Labute approximate surface area is 135 Å². The van der Waals surface area contributed by atoms with Gasteiger partial charge in [-0.3, -0.25) is 9.53 Å². The number of carbonyl (C=O) groups is 1. The van der Waals surface area contributed by atoms with Gasteiger partial charge in [0.15, 0.2) is 24.4 Å². The standard InChI is InChI=1S/C17H20N3O3/c1-2-6-17(21)15-7-5-9-19(12-15)13-23-14-20-10-4-3-8-16(20)11-18-22/h3-5,7-12H,2,6,13-14H2,1H3/q+1/p+1. The zero-order valence-electron chi connectivity index (χ0n) is 13.1. The summed E-state index contributed by atoms with van der Waals surface area (Å²) in [4.78, 5) is 11.9. The molecule has 6 nitrogen and oxygen atoms in total. The summed E-state index contributed by atoms with van der Waals surface area (Å²) in [6.45, 7) is 2.62. The first kappa shape index (κ1) is 16.8. The van der Waals surface area contributed by atoms with Crippen LogP contribution in [0.4, 0.5) is 0 Å². The molecule has 0 atom stereocenters. The van der Waals surface area contributed by atoms with Crippen molar-refractivity contribution in [2.24, 2.45) is 5.16 Å². The highest BCUT2D eigenvalue weighted by Crippen LogP contribution is 2.02. The molecule has 0 saturated carbocycles. The second-order valence-electron chi connectivity index (χ2n) is 5.08. The molecule has 6 heteroatoms. The summed E-state index contributed by atoms with van der Waals surface area (Å²) in [5, 5.41) is 11.7. The van der Waals surface area contributed by atoms with Gasteiger partial charge in [-0.25, -0.2) is 0 Å². The Morgan fingerprint density at radius 2 is 2.13 bits per heavy atom. The number of nitrogens with zero attached hydrogens (tertiary/aromatic N) is 3. The molecule has 23 heavy (non-hydrogen) atoms. The van der Waals surface area contributed by atoms with E-state index in [1.165, 1.54) is 6.21 Å². The molecule has 2 aromatic heterocycles. The lowest BCUT2D eigenvalue weighted by molar-refractivity contribution is -0.788. The highest BCUT2D eigenvalue weighted by molar-refractivity contribution is 5.95. The van der Waals surface area contributed by atoms with Gasteiger partial charge in [-0.15, -0.1) is 0 Å². The summed E-state index contributed by atoms with van der Waals surface area (Å²) in [6, 6.07) is 9.20. The van der Waals surface area contributed by atoms with Crippen LogP contribution in [0.5, 0.6) is 0 Å². The van der Waals surface area contributed by atoms with Gasteiger partial charge in [-0.2, -0.15) is 9.13 Å². The van der Waals surface area contributed by atoms with E-state index < -0.39 is 0 Å². The number of oxime groups is 1. The molecule has 0 bridgehead atoms. The van der Waals surface area contributed by atoms with Gasteiger partial charge in [-0.1, -0.05) is 12.1 Å². The van der Waals surface area contributed by atoms with Crippen LogP contribution in [-0.4, -0.2) is 17.2 Å². The lowest BCUT2D eigenvalue weighted by Gasteiger charge is -2.01. The van der Waals surface area contributed by atoms with E-state index in [1.54, 1.807) is 6.20 Å². The van der Waals surface area contributed by atoms with Crippen molar-refractivity contribution in [3.8, 4) is 0 Å². The third kappa shape index (κ3) is 4.96. The highest BCUT2D eigenvalue weighted by Gasteiger charge is 2.12. The van der Waals surface area contributed by atoms with Crippen LogP contribution in [-0.2, 0) is 18.2 Å². The van der Waals surface area contributed by atoms with Crippen molar-refractivity contribution in [1.29, 1.82) is 0 Å². The van der Waals surface area contributed by atoms with E-state index in [4.69, 9.17) is 9.94 Å². The zero-order valence-corrected chi connectivity index (χ0v) is 13.1. The van der Waals surface area contributed by atoms with Gasteiger partial charge in [0.2, 0.25) is 5.69 Å². The van der Waals surface area contributed by atoms with Gasteiger partial charge in [0.25, 0.3) is 13.5 Å². The lowest BCUT2D eigenvalue weighted by Crippen LogP contribution is -2.43. The van der Waals surface area contributed by atoms with E-state index >= 15 is 0 Å². The quantitative estimate of drug-likeness (QED) is 0.265. The Kier molecular flexibility index (Phi) is 6.38. The van der Waals surface area contributed by atoms with Crippen LogP contribution in [0.2, 0.25) is 0 Å². The number of Topliss-reactive ketones (excluding diaryl/α,β-unsaturated/α-hetero) is 1. The fraction of sp³-hybridized carbons (Fsp3) is 0.294. The molecule has 0 radical (unpaired) electrons. The summed E-state index contributed by atoms with van der Waals surface area (Å²) < 4.78 is 9.30. The molecule has 2 rings (SSSR count). The minimum absolute atomic E-state index is 0.140. The predicted octanol–water partition coefficient (Wildman–Crippen LogP) is 1.68. The van der Waals surface area contributed by atoms with Crippen LogP contribution in [0, 0.1) is 0 Å². The molecule has 0 aliphatic rings. The maximum atomic E-state index is 11.9. The second-order valence-corrected chi connectivity index (χ2v) is 5.08. The number of rotatable bonds is 8. The van der Waals surface area contributed by atoms with E-state index in [9.17, 15) is 4.79 Å². The minimum Gasteiger partial charge on any atom is -0.411 e. The van der Waals surface area contributed by atoms with Crippen molar-refractivity contribution in [2.75, 3.05) is 0 Å². The van der Waals surface area contributed by atoms with Gasteiger partial charge in [0.05, 0.1) is 5.56 Å².